The Bertz CT molecular complexity index is 902. The topological polar surface area (TPSA) is 90.6 Å². The van der Waals surface area contributed by atoms with Crippen molar-refractivity contribution < 1.29 is 19.1 Å². The van der Waals surface area contributed by atoms with Crippen LogP contribution in [0.5, 0.6) is 11.5 Å². The quantitative estimate of drug-likeness (QED) is 0.428. The maximum atomic E-state index is 12.3. The number of nitrogens with one attached hydrogen (secondary N) is 1. The van der Waals surface area contributed by atoms with Crippen LogP contribution in [-0.2, 0) is 9.59 Å². The molecule has 0 saturated heterocycles. The molecule has 0 unspecified atom stereocenters. The second-order valence-corrected chi connectivity index (χ2v) is 7.38. The number of thioether (sulfide) groups is 1. The van der Waals surface area contributed by atoms with Crippen molar-refractivity contribution in [2.24, 2.45) is 5.73 Å². The lowest BCUT2D eigenvalue weighted by molar-refractivity contribution is -0.115. The van der Waals surface area contributed by atoms with E-state index in [0.717, 1.165) is 11.3 Å². The highest BCUT2D eigenvalue weighted by Crippen LogP contribution is 2.37. The van der Waals surface area contributed by atoms with Gasteiger partial charge < -0.3 is 20.5 Å². The summed E-state index contributed by atoms with van der Waals surface area (Å²) in [6.07, 6.45) is 3.88. The van der Waals surface area contributed by atoms with Crippen molar-refractivity contribution in [3.05, 3.63) is 53.1 Å². The molecule has 0 atom stereocenters. The maximum absolute atomic E-state index is 12.3. The number of rotatable bonds is 10. The van der Waals surface area contributed by atoms with Gasteiger partial charge in [-0.25, -0.2) is 0 Å². The summed E-state index contributed by atoms with van der Waals surface area (Å²) in [5.74, 6) is 0.372. The average molecular weight is 435 g/mol. The van der Waals surface area contributed by atoms with E-state index in [-0.39, 0.29) is 11.7 Å². The van der Waals surface area contributed by atoms with Gasteiger partial charge >= 0.3 is 0 Å². The average Bonchev–Trinajstić information content (AvgIpc) is 2.70. The molecule has 154 valence electrons. The number of para-hydroxylation sites is 1. The van der Waals surface area contributed by atoms with Crippen LogP contribution in [0.25, 0.3) is 6.08 Å². The first-order valence-corrected chi connectivity index (χ1v) is 10.3. The fourth-order valence-corrected chi connectivity index (χ4v) is 3.39. The van der Waals surface area contributed by atoms with E-state index in [0.29, 0.717) is 34.4 Å². The van der Waals surface area contributed by atoms with Crippen molar-refractivity contribution >= 4 is 46.9 Å². The van der Waals surface area contributed by atoms with Gasteiger partial charge in [-0.3, -0.25) is 9.59 Å². The summed E-state index contributed by atoms with van der Waals surface area (Å²) in [4.78, 5) is 24.1. The van der Waals surface area contributed by atoms with Crippen molar-refractivity contribution in [3.8, 4) is 11.5 Å². The third-order valence-electron chi connectivity index (χ3n) is 3.64. The molecule has 0 spiro atoms. The fourth-order valence-electron chi connectivity index (χ4n) is 2.37. The number of carbonyl (C=O) groups is 2. The Kier molecular flexibility index (Phi) is 8.89. The minimum absolute atomic E-state index is 0.132. The molecular weight excluding hydrogens is 412 g/mol. The van der Waals surface area contributed by atoms with Gasteiger partial charge in [0.15, 0.2) is 11.5 Å². The smallest absolute Gasteiger partial charge is 0.248 e. The summed E-state index contributed by atoms with van der Waals surface area (Å²) in [6, 6.07) is 10.6. The van der Waals surface area contributed by atoms with Gasteiger partial charge in [0.2, 0.25) is 11.8 Å². The van der Waals surface area contributed by atoms with Crippen LogP contribution in [0.15, 0.2) is 47.4 Å². The summed E-state index contributed by atoms with van der Waals surface area (Å²) < 4.78 is 11.0. The minimum atomic E-state index is -0.423. The lowest BCUT2D eigenvalue weighted by Gasteiger charge is -2.12. The van der Waals surface area contributed by atoms with Crippen molar-refractivity contribution in [2.75, 3.05) is 24.8 Å². The largest absolute Gasteiger partial charge is 0.493 e. The van der Waals surface area contributed by atoms with Crippen molar-refractivity contribution in [1.29, 1.82) is 0 Å². The first kappa shape index (κ1) is 22.6. The minimum Gasteiger partial charge on any atom is -0.493 e. The Morgan fingerprint density at radius 1 is 1.28 bits per heavy atom. The number of nitrogens with two attached hydrogens (primary N) is 1. The number of hydrogen-bond donors (Lipinski definition) is 2. The zero-order chi connectivity index (χ0) is 21.2. The molecule has 0 fully saturated rings. The molecule has 2 aromatic carbocycles. The van der Waals surface area contributed by atoms with Crippen LogP contribution in [0, 0.1) is 0 Å². The van der Waals surface area contributed by atoms with E-state index in [1.165, 1.54) is 24.9 Å². The molecule has 2 rings (SSSR count). The lowest BCUT2D eigenvalue weighted by Crippen LogP contribution is -2.13. The number of anilines is 1. The number of amides is 2. The first-order valence-electron chi connectivity index (χ1n) is 8.94. The monoisotopic (exact) mass is 434 g/mol. The van der Waals surface area contributed by atoms with Crippen LogP contribution >= 0.6 is 23.4 Å². The van der Waals surface area contributed by atoms with Gasteiger partial charge in [-0.2, -0.15) is 0 Å². The van der Waals surface area contributed by atoms with Gasteiger partial charge in [0.05, 0.1) is 30.2 Å². The molecule has 6 nitrogen and oxygen atoms in total. The van der Waals surface area contributed by atoms with Crippen LogP contribution < -0.4 is 20.5 Å². The number of methoxy groups -OCH3 is 1. The summed E-state index contributed by atoms with van der Waals surface area (Å²) in [7, 11) is 1.53. The Morgan fingerprint density at radius 3 is 2.72 bits per heavy atom. The number of hydrogen-bond acceptors (Lipinski definition) is 5. The Morgan fingerprint density at radius 2 is 2.03 bits per heavy atom. The van der Waals surface area contributed by atoms with E-state index in [1.807, 2.05) is 19.1 Å². The SMILES string of the molecule is CCCOc1c(Cl)cc(/C=C/C(=O)Nc2ccccc2SCC(N)=O)cc1OC. The van der Waals surface area contributed by atoms with E-state index < -0.39 is 5.91 Å². The Labute approximate surface area is 179 Å². The highest BCUT2D eigenvalue weighted by Gasteiger charge is 2.11. The second-order valence-electron chi connectivity index (χ2n) is 5.96. The molecule has 0 radical (unpaired) electrons. The molecule has 29 heavy (non-hydrogen) atoms. The predicted molar refractivity (Wildman–Crippen MR) is 118 cm³/mol. The van der Waals surface area contributed by atoms with Gasteiger partial charge in [0.1, 0.15) is 0 Å². The van der Waals surface area contributed by atoms with Crippen molar-refractivity contribution in [1.82, 2.24) is 0 Å². The number of ether oxygens (including phenoxy) is 2. The van der Waals surface area contributed by atoms with Crippen molar-refractivity contribution in [2.45, 2.75) is 18.2 Å². The third-order valence-corrected chi connectivity index (χ3v) is 5.02. The highest BCUT2D eigenvalue weighted by molar-refractivity contribution is 8.00. The molecule has 2 aromatic rings. The number of halogens is 1. The predicted octanol–water partition coefficient (Wildman–Crippen LogP) is 4.37. The van der Waals surface area contributed by atoms with Gasteiger partial charge in [0, 0.05) is 11.0 Å². The molecule has 3 N–H and O–H groups in total. The van der Waals surface area contributed by atoms with Gasteiger partial charge in [-0.15, -0.1) is 11.8 Å². The van der Waals surface area contributed by atoms with Crippen molar-refractivity contribution in [3.63, 3.8) is 0 Å². The molecule has 0 aliphatic carbocycles. The number of primary amides is 1. The Hall–Kier alpha value is -2.64. The third kappa shape index (κ3) is 7.03. The Balaban J connectivity index is 2.11. The van der Waals surface area contributed by atoms with Crippen LogP contribution in [0.2, 0.25) is 5.02 Å². The summed E-state index contributed by atoms with van der Waals surface area (Å²) in [5.41, 5.74) is 6.49. The summed E-state index contributed by atoms with van der Waals surface area (Å²) in [5, 5.41) is 3.21. The molecule has 0 heterocycles. The highest BCUT2D eigenvalue weighted by atomic mass is 35.5. The van der Waals surface area contributed by atoms with E-state index in [1.54, 1.807) is 30.3 Å². The first-order chi connectivity index (χ1) is 13.9. The number of benzene rings is 2. The van der Waals surface area contributed by atoms with Crippen LogP contribution in [-0.4, -0.2) is 31.3 Å². The fraction of sp³-hybridized carbons (Fsp3) is 0.238. The molecule has 0 aliphatic heterocycles. The van der Waals surface area contributed by atoms with Crippen LogP contribution in [0.1, 0.15) is 18.9 Å². The maximum Gasteiger partial charge on any atom is 0.248 e. The molecular formula is C21H23ClN2O4S. The van der Waals surface area contributed by atoms with E-state index in [4.69, 9.17) is 26.8 Å². The van der Waals surface area contributed by atoms with E-state index in [9.17, 15) is 9.59 Å². The molecule has 8 heteroatoms. The zero-order valence-electron chi connectivity index (χ0n) is 16.2. The van der Waals surface area contributed by atoms with Gasteiger partial charge in [-0.05, 0) is 42.3 Å². The summed E-state index contributed by atoms with van der Waals surface area (Å²) in [6.45, 7) is 2.53. The van der Waals surface area contributed by atoms with Gasteiger partial charge in [-0.1, -0.05) is 30.7 Å². The van der Waals surface area contributed by atoms with E-state index >= 15 is 0 Å². The van der Waals surface area contributed by atoms with Crippen LogP contribution in [0.4, 0.5) is 5.69 Å². The lowest BCUT2D eigenvalue weighted by atomic mass is 10.2. The van der Waals surface area contributed by atoms with Crippen LogP contribution in [0.3, 0.4) is 0 Å². The summed E-state index contributed by atoms with van der Waals surface area (Å²) >= 11 is 7.56. The second kappa shape index (κ2) is 11.4. The zero-order valence-corrected chi connectivity index (χ0v) is 17.8. The molecule has 0 saturated carbocycles. The molecule has 0 aliphatic rings. The normalized spacial score (nSPS) is 10.7. The number of carbonyl (C=O) groups excluding carboxylic acids is 2. The molecule has 2 amide bonds. The molecule has 0 bridgehead atoms. The molecule has 0 aromatic heterocycles. The van der Waals surface area contributed by atoms with E-state index in [2.05, 4.69) is 5.32 Å². The standard InChI is InChI=1S/C21H23ClN2O4S/c1-3-10-28-21-15(22)11-14(12-17(21)27-2)8-9-20(26)24-16-6-4-5-7-18(16)29-13-19(23)25/h4-9,11-12H,3,10,13H2,1-2H3,(H2,23,25)(H,24,26)/b9-8+. The van der Waals surface area contributed by atoms with Gasteiger partial charge in [0.25, 0.3) is 0 Å².